The fourth-order valence-corrected chi connectivity index (χ4v) is 7.12. The maximum absolute atomic E-state index is 10.5. The average molecular weight is 869 g/mol. The van der Waals surface area contributed by atoms with Crippen molar-refractivity contribution in [3.8, 4) is 5.75 Å². The lowest BCUT2D eigenvalue weighted by molar-refractivity contribution is -0.0752. The molecule has 2 rings (SSSR count). The Labute approximate surface area is 322 Å². The van der Waals surface area contributed by atoms with Crippen LogP contribution in [0.15, 0.2) is 36.4 Å². The molecule has 2 aromatic rings. The molecule has 18 nitrogen and oxygen atoms in total. The van der Waals surface area contributed by atoms with E-state index in [4.69, 9.17) is 43.9 Å². The molecule has 0 radical (unpaired) electrons. The molecule has 0 aliphatic heterocycles. The first-order valence-electron chi connectivity index (χ1n) is 16.6. The maximum atomic E-state index is 10.5. The third kappa shape index (κ3) is 19.3. The summed E-state index contributed by atoms with van der Waals surface area (Å²) in [5.74, 6) is 0.699. The van der Waals surface area contributed by atoms with Crippen molar-refractivity contribution in [2.75, 3.05) is 19.8 Å². The van der Waals surface area contributed by atoms with E-state index in [1.54, 1.807) is 0 Å². The van der Waals surface area contributed by atoms with Crippen LogP contribution in [0.4, 0.5) is 0 Å². The summed E-state index contributed by atoms with van der Waals surface area (Å²) in [6.45, 7) is 24.9. The van der Waals surface area contributed by atoms with Crippen molar-refractivity contribution in [3.05, 3.63) is 64.2 Å². The van der Waals surface area contributed by atoms with Gasteiger partial charge in [0.25, 0.3) is 0 Å². The second kappa shape index (κ2) is 19.1. The summed E-state index contributed by atoms with van der Waals surface area (Å²) in [5.41, 5.74) is 3.64. The average Bonchev–Trinajstić information content (AvgIpc) is 2.92. The summed E-state index contributed by atoms with van der Waals surface area (Å²) in [7, 11) is -20.2. The number of hydrogen-bond donors (Lipinski definition) is 11. The Morgan fingerprint density at radius 2 is 0.800 bits per heavy atom. The van der Waals surface area contributed by atoms with Gasteiger partial charge >= 0.3 is 31.3 Å². The predicted molar refractivity (Wildman–Crippen MR) is 205 cm³/mol. The third-order valence-electron chi connectivity index (χ3n) is 7.83. The molecule has 1 atom stereocenters. The summed E-state index contributed by atoms with van der Waals surface area (Å²) >= 11 is 0. The molecule has 55 heavy (non-hydrogen) atoms. The van der Waals surface area contributed by atoms with E-state index in [0.29, 0.717) is 5.75 Å². The Morgan fingerprint density at radius 3 is 1.05 bits per heavy atom. The van der Waals surface area contributed by atoms with E-state index in [0.717, 1.165) is 16.7 Å². The lowest BCUT2D eigenvalue weighted by atomic mass is 9.72. The van der Waals surface area contributed by atoms with E-state index in [1.165, 1.54) is 11.1 Å². The first-order valence-corrected chi connectivity index (χ1v) is 22.7. The number of benzene rings is 2. The molecule has 22 heteroatoms. The Morgan fingerprint density at radius 1 is 0.491 bits per heavy atom. The van der Waals surface area contributed by atoms with Gasteiger partial charge in [-0.05, 0) is 55.5 Å². The molecule has 11 N–H and O–H groups in total. The largest absolute Gasteiger partial charge is 0.485 e. The van der Waals surface area contributed by atoms with Crippen LogP contribution in [0, 0.1) is 5.41 Å². The van der Waals surface area contributed by atoms with Gasteiger partial charge in [-0.25, -0.2) is 18.3 Å². The first-order chi connectivity index (χ1) is 24.1. The molecule has 1 unspecified atom stereocenters. The van der Waals surface area contributed by atoms with E-state index in [2.05, 4.69) is 122 Å². The van der Waals surface area contributed by atoms with E-state index in [9.17, 15) is 33.6 Å². The minimum absolute atomic E-state index is 0.0226. The van der Waals surface area contributed by atoms with Gasteiger partial charge in [0.2, 0.25) is 0 Å². The highest BCUT2D eigenvalue weighted by molar-refractivity contribution is 7.60. The Bertz CT molecular complexity index is 1650. The standard InChI is InChI=1S/C33H52O4.2H4O7P2/c1-29(2,3)22-13-15-24(25(17-22)31(7,8)9)28(33(19-34,20-35)21-36)37-27-16-14-23(30(4,5)6)18-26(27)32(10,11)12;2*1-8(2,3)7-9(4,5)6/h13-18,28,34-36H,19-21H2,1-12H3;2*(H2,1,2,3)(H2,4,5,6). The molecule has 0 aliphatic rings. The molecule has 0 amide bonds. The fraction of sp³-hybridized carbons (Fsp3) is 0.636. The topological polar surface area (TPSA) is 318 Å². The van der Waals surface area contributed by atoms with Gasteiger partial charge in [-0.15, -0.1) is 0 Å². The van der Waals surface area contributed by atoms with Crippen LogP contribution >= 0.6 is 31.3 Å². The van der Waals surface area contributed by atoms with Crippen molar-refractivity contribution >= 4 is 31.3 Å². The molecular formula is C33H60O18P4. The van der Waals surface area contributed by atoms with Crippen molar-refractivity contribution in [2.24, 2.45) is 5.41 Å². The van der Waals surface area contributed by atoms with Crippen LogP contribution in [0.3, 0.4) is 0 Å². The molecule has 0 saturated carbocycles. The quantitative estimate of drug-likeness (QED) is 0.127. The molecule has 320 valence electrons. The van der Waals surface area contributed by atoms with Gasteiger partial charge in [0, 0.05) is 0 Å². The number of rotatable bonds is 11. The van der Waals surface area contributed by atoms with E-state index < -0.39 is 62.6 Å². The van der Waals surface area contributed by atoms with Gasteiger partial charge in [-0.1, -0.05) is 113 Å². The second-order valence-corrected chi connectivity index (χ2v) is 22.2. The van der Waals surface area contributed by atoms with Gasteiger partial charge in [-0.3, -0.25) is 0 Å². The minimum Gasteiger partial charge on any atom is -0.485 e. The zero-order valence-corrected chi connectivity index (χ0v) is 36.8. The van der Waals surface area contributed by atoms with Gasteiger partial charge < -0.3 is 59.2 Å². The third-order valence-corrected chi connectivity index (χ3v) is 11.2. The molecular weight excluding hydrogens is 808 g/mol. The number of hydrogen-bond acceptors (Lipinski definition) is 10. The highest BCUT2D eigenvalue weighted by Gasteiger charge is 2.44. The minimum atomic E-state index is -5.05. The van der Waals surface area contributed by atoms with Crippen LogP contribution in [0.2, 0.25) is 0 Å². The van der Waals surface area contributed by atoms with Crippen molar-refractivity contribution in [3.63, 3.8) is 0 Å². The Hall–Kier alpha value is -1.36. The molecule has 0 fully saturated rings. The lowest BCUT2D eigenvalue weighted by Crippen LogP contribution is -2.43. The summed E-state index contributed by atoms with van der Waals surface area (Å²) in [4.78, 5) is 62.0. The predicted octanol–water partition coefficient (Wildman–Crippen LogP) is 5.34. The van der Waals surface area contributed by atoms with Crippen LogP contribution in [-0.4, -0.2) is 74.3 Å². The van der Waals surface area contributed by atoms with Crippen LogP contribution in [0.5, 0.6) is 5.75 Å². The highest BCUT2D eigenvalue weighted by Crippen LogP contribution is 2.54. The number of phosphoric acid groups is 4. The summed E-state index contributed by atoms with van der Waals surface area (Å²) in [6, 6.07) is 12.7. The summed E-state index contributed by atoms with van der Waals surface area (Å²) < 4.78 is 51.3. The van der Waals surface area contributed by atoms with Crippen molar-refractivity contribution in [2.45, 2.75) is 111 Å². The van der Waals surface area contributed by atoms with Crippen molar-refractivity contribution < 1.29 is 86.1 Å². The summed E-state index contributed by atoms with van der Waals surface area (Å²) in [5, 5.41) is 31.6. The van der Waals surface area contributed by atoms with E-state index in [-0.39, 0.29) is 21.7 Å². The molecule has 2 aromatic carbocycles. The van der Waals surface area contributed by atoms with Gasteiger partial charge in [0.1, 0.15) is 11.9 Å². The zero-order valence-electron chi connectivity index (χ0n) is 33.2. The Balaban J connectivity index is 0.00000133. The maximum Gasteiger partial charge on any atom is 0.478 e. The summed E-state index contributed by atoms with van der Waals surface area (Å²) in [6.07, 6.45) is -0.766. The molecule has 0 heterocycles. The normalized spacial score (nSPS) is 14.3. The van der Waals surface area contributed by atoms with Crippen LogP contribution in [-0.2, 0) is 48.5 Å². The SMILES string of the molecule is CC(C)(C)c1ccc(OC(c2ccc(C(C)(C)C)cc2C(C)(C)C)C(CO)(CO)CO)c(C(C)(C)C)c1.O=P(O)(O)OP(=O)(O)O.O=P(O)(O)OP(=O)(O)O. The number of aliphatic hydroxyl groups is 3. The molecule has 0 aliphatic carbocycles. The first kappa shape index (κ1) is 53.6. The highest BCUT2D eigenvalue weighted by atomic mass is 31.3. The van der Waals surface area contributed by atoms with Crippen LogP contribution in [0.1, 0.15) is 117 Å². The van der Waals surface area contributed by atoms with Crippen molar-refractivity contribution in [1.29, 1.82) is 0 Å². The van der Waals surface area contributed by atoms with Crippen LogP contribution in [0.25, 0.3) is 0 Å². The van der Waals surface area contributed by atoms with Crippen LogP contribution < -0.4 is 4.74 Å². The zero-order chi connectivity index (χ0) is 44.0. The monoisotopic (exact) mass is 868 g/mol. The van der Waals surface area contributed by atoms with Gasteiger partial charge in [0.15, 0.2) is 0 Å². The van der Waals surface area contributed by atoms with Gasteiger partial charge in [-0.2, -0.15) is 8.62 Å². The van der Waals surface area contributed by atoms with Gasteiger partial charge in [0.05, 0.1) is 25.2 Å². The number of aliphatic hydroxyl groups excluding tert-OH is 3. The second-order valence-electron chi connectivity index (χ2n) is 17.0. The molecule has 0 saturated heterocycles. The fourth-order valence-electron chi connectivity index (χ4n) is 4.91. The molecule has 0 spiro atoms. The molecule has 0 aromatic heterocycles. The van der Waals surface area contributed by atoms with E-state index >= 15 is 0 Å². The van der Waals surface area contributed by atoms with E-state index in [1.807, 2.05) is 6.07 Å². The molecule has 0 bridgehead atoms. The Kier molecular flexibility index (Phi) is 18.7. The smallest absolute Gasteiger partial charge is 0.478 e. The van der Waals surface area contributed by atoms with Crippen molar-refractivity contribution in [1.82, 2.24) is 0 Å². The lowest BCUT2D eigenvalue weighted by Gasteiger charge is -2.40. The number of ether oxygens (including phenoxy) is 1.